The standard InChI is InChI=1S/C13H20N2O3S/c1-9-8-10(2)15-13(18)11(9)12(17)14-4-7-19-6-3-5-16/h8,16H,3-7H2,1-2H3,(H,14,17)(H,15,18). The zero-order valence-electron chi connectivity index (χ0n) is 11.3. The molecule has 0 spiro atoms. The van der Waals surface area contributed by atoms with Crippen LogP contribution in [0.5, 0.6) is 0 Å². The van der Waals surface area contributed by atoms with Gasteiger partial charge < -0.3 is 15.4 Å². The molecule has 0 unspecified atom stereocenters. The molecule has 3 N–H and O–H groups in total. The fourth-order valence-electron chi connectivity index (χ4n) is 1.73. The monoisotopic (exact) mass is 284 g/mol. The third-order valence-electron chi connectivity index (χ3n) is 2.57. The molecule has 0 fully saturated rings. The molecule has 0 saturated carbocycles. The Bertz CT molecular complexity index is 485. The van der Waals surface area contributed by atoms with E-state index >= 15 is 0 Å². The predicted octanol–water partition coefficient (Wildman–Crippen LogP) is 0.837. The number of aromatic amines is 1. The van der Waals surface area contributed by atoms with E-state index < -0.39 is 0 Å². The highest BCUT2D eigenvalue weighted by Crippen LogP contribution is 2.04. The molecule has 0 aromatic carbocycles. The average molecular weight is 284 g/mol. The maximum Gasteiger partial charge on any atom is 0.261 e. The van der Waals surface area contributed by atoms with Gasteiger partial charge in [-0.25, -0.2) is 0 Å². The van der Waals surface area contributed by atoms with Gasteiger partial charge >= 0.3 is 0 Å². The molecular weight excluding hydrogens is 264 g/mol. The number of amides is 1. The molecule has 0 atom stereocenters. The van der Waals surface area contributed by atoms with Crippen LogP contribution in [0.25, 0.3) is 0 Å². The van der Waals surface area contributed by atoms with Crippen molar-refractivity contribution < 1.29 is 9.90 Å². The topological polar surface area (TPSA) is 82.2 Å². The van der Waals surface area contributed by atoms with Crippen LogP contribution >= 0.6 is 11.8 Å². The molecule has 1 aromatic rings. The van der Waals surface area contributed by atoms with Crippen LogP contribution in [0.2, 0.25) is 0 Å². The highest BCUT2D eigenvalue weighted by atomic mass is 32.2. The number of nitrogens with one attached hydrogen (secondary N) is 2. The number of rotatable bonds is 7. The lowest BCUT2D eigenvalue weighted by Crippen LogP contribution is -2.32. The summed E-state index contributed by atoms with van der Waals surface area (Å²) >= 11 is 1.67. The normalized spacial score (nSPS) is 10.5. The van der Waals surface area contributed by atoms with Crippen molar-refractivity contribution in [2.75, 3.05) is 24.7 Å². The maximum absolute atomic E-state index is 11.9. The van der Waals surface area contributed by atoms with Gasteiger partial charge in [-0.15, -0.1) is 0 Å². The number of aromatic nitrogens is 1. The van der Waals surface area contributed by atoms with Gasteiger partial charge in [-0.05, 0) is 37.7 Å². The molecule has 0 bridgehead atoms. The van der Waals surface area contributed by atoms with Gasteiger partial charge in [0.2, 0.25) is 0 Å². The van der Waals surface area contributed by atoms with E-state index in [9.17, 15) is 9.59 Å². The van der Waals surface area contributed by atoms with Crippen LogP contribution in [-0.2, 0) is 0 Å². The molecule has 106 valence electrons. The van der Waals surface area contributed by atoms with Crippen molar-refractivity contribution in [3.05, 3.63) is 33.2 Å². The third kappa shape index (κ3) is 5.08. The van der Waals surface area contributed by atoms with Gasteiger partial charge in [0.15, 0.2) is 0 Å². The molecule has 1 rings (SSSR count). The molecule has 0 aliphatic heterocycles. The Labute approximate surface area is 116 Å². The number of hydrogen-bond acceptors (Lipinski definition) is 4. The van der Waals surface area contributed by atoms with Crippen molar-refractivity contribution in [3.63, 3.8) is 0 Å². The Morgan fingerprint density at radius 2 is 2.16 bits per heavy atom. The zero-order chi connectivity index (χ0) is 14.3. The first kappa shape index (κ1) is 15.8. The molecule has 0 aliphatic carbocycles. The Hall–Kier alpha value is -1.27. The number of pyridine rings is 1. The second kappa shape index (κ2) is 8.01. The molecule has 6 heteroatoms. The summed E-state index contributed by atoms with van der Waals surface area (Å²) in [6.07, 6.45) is 0.759. The molecule has 5 nitrogen and oxygen atoms in total. The van der Waals surface area contributed by atoms with Gasteiger partial charge in [0.1, 0.15) is 5.56 Å². The fourth-order valence-corrected chi connectivity index (χ4v) is 2.51. The van der Waals surface area contributed by atoms with E-state index in [4.69, 9.17) is 5.11 Å². The van der Waals surface area contributed by atoms with Gasteiger partial charge in [-0.1, -0.05) is 0 Å². The number of aliphatic hydroxyl groups excluding tert-OH is 1. The Balaban J connectivity index is 2.48. The molecule has 0 saturated heterocycles. The number of carbonyl (C=O) groups is 1. The van der Waals surface area contributed by atoms with E-state index in [-0.39, 0.29) is 23.6 Å². The summed E-state index contributed by atoms with van der Waals surface area (Å²) in [6.45, 7) is 4.25. The lowest BCUT2D eigenvalue weighted by molar-refractivity contribution is 0.0954. The molecule has 0 aliphatic rings. The van der Waals surface area contributed by atoms with E-state index in [2.05, 4.69) is 10.3 Å². The van der Waals surface area contributed by atoms with Crippen LogP contribution in [0.15, 0.2) is 10.9 Å². The van der Waals surface area contributed by atoms with Crippen molar-refractivity contribution in [2.24, 2.45) is 0 Å². The predicted molar refractivity (Wildman–Crippen MR) is 77.9 cm³/mol. The maximum atomic E-state index is 11.9. The van der Waals surface area contributed by atoms with Gasteiger partial charge in [-0.2, -0.15) is 11.8 Å². The first-order valence-corrected chi connectivity index (χ1v) is 7.39. The van der Waals surface area contributed by atoms with Gasteiger partial charge in [0.05, 0.1) is 0 Å². The SMILES string of the molecule is Cc1cc(C)c(C(=O)NCCSCCCO)c(=O)[nH]1. The summed E-state index contributed by atoms with van der Waals surface area (Å²) in [5.74, 6) is 1.31. The van der Waals surface area contributed by atoms with Crippen molar-refractivity contribution in [1.82, 2.24) is 10.3 Å². The van der Waals surface area contributed by atoms with Gasteiger partial charge in [0.25, 0.3) is 11.5 Å². The van der Waals surface area contributed by atoms with Crippen LogP contribution in [0.4, 0.5) is 0 Å². The summed E-state index contributed by atoms with van der Waals surface area (Å²) in [5.41, 5.74) is 1.28. The number of carbonyl (C=O) groups excluding carboxylic acids is 1. The average Bonchev–Trinajstić information content (AvgIpc) is 2.32. The van der Waals surface area contributed by atoms with Crippen LogP contribution in [0.3, 0.4) is 0 Å². The van der Waals surface area contributed by atoms with Crippen LogP contribution in [0.1, 0.15) is 28.0 Å². The van der Waals surface area contributed by atoms with E-state index in [1.807, 2.05) is 0 Å². The zero-order valence-corrected chi connectivity index (χ0v) is 12.1. The summed E-state index contributed by atoms with van der Waals surface area (Å²) in [7, 11) is 0. The summed E-state index contributed by atoms with van der Waals surface area (Å²) in [4.78, 5) is 26.3. The number of aliphatic hydroxyl groups is 1. The Kier molecular flexibility index (Phi) is 6.66. The number of thioether (sulfide) groups is 1. The van der Waals surface area contributed by atoms with E-state index in [0.717, 1.165) is 23.6 Å². The molecular formula is C13H20N2O3S. The quantitative estimate of drug-likeness (QED) is 0.648. The number of aryl methyl sites for hydroxylation is 2. The molecule has 1 heterocycles. The molecule has 19 heavy (non-hydrogen) atoms. The molecule has 0 radical (unpaired) electrons. The summed E-state index contributed by atoms with van der Waals surface area (Å²) in [6, 6.07) is 1.78. The second-order valence-corrected chi connectivity index (χ2v) is 5.51. The van der Waals surface area contributed by atoms with Gasteiger partial charge in [0, 0.05) is 24.6 Å². The number of H-pyrrole nitrogens is 1. The lowest BCUT2D eigenvalue weighted by atomic mass is 10.1. The van der Waals surface area contributed by atoms with Gasteiger partial charge in [-0.3, -0.25) is 9.59 Å². The Morgan fingerprint density at radius 1 is 1.42 bits per heavy atom. The third-order valence-corrected chi connectivity index (χ3v) is 3.64. The highest BCUT2D eigenvalue weighted by Gasteiger charge is 2.13. The van der Waals surface area contributed by atoms with Crippen molar-refractivity contribution >= 4 is 17.7 Å². The fraction of sp³-hybridized carbons (Fsp3) is 0.538. The highest BCUT2D eigenvalue weighted by molar-refractivity contribution is 7.99. The van der Waals surface area contributed by atoms with Crippen molar-refractivity contribution in [3.8, 4) is 0 Å². The number of hydrogen-bond donors (Lipinski definition) is 3. The van der Waals surface area contributed by atoms with Crippen molar-refractivity contribution in [1.29, 1.82) is 0 Å². The minimum absolute atomic E-state index is 0.186. The summed E-state index contributed by atoms with van der Waals surface area (Å²) < 4.78 is 0. The van der Waals surface area contributed by atoms with Crippen molar-refractivity contribution in [2.45, 2.75) is 20.3 Å². The van der Waals surface area contributed by atoms with Crippen LogP contribution in [-0.4, -0.2) is 40.7 Å². The largest absolute Gasteiger partial charge is 0.396 e. The van der Waals surface area contributed by atoms with E-state index in [1.54, 1.807) is 31.7 Å². The first-order valence-electron chi connectivity index (χ1n) is 6.23. The molecule has 1 amide bonds. The Morgan fingerprint density at radius 3 is 2.79 bits per heavy atom. The summed E-state index contributed by atoms with van der Waals surface area (Å²) in [5, 5.41) is 11.4. The first-order chi connectivity index (χ1) is 9.06. The van der Waals surface area contributed by atoms with Crippen LogP contribution < -0.4 is 10.9 Å². The van der Waals surface area contributed by atoms with E-state index in [1.165, 1.54) is 0 Å². The van der Waals surface area contributed by atoms with Crippen LogP contribution in [0, 0.1) is 13.8 Å². The molecule has 1 aromatic heterocycles. The lowest BCUT2D eigenvalue weighted by Gasteiger charge is -2.07. The minimum Gasteiger partial charge on any atom is -0.396 e. The van der Waals surface area contributed by atoms with E-state index in [0.29, 0.717) is 12.1 Å². The minimum atomic E-state index is -0.345. The smallest absolute Gasteiger partial charge is 0.261 e. The second-order valence-electron chi connectivity index (χ2n) is 4.28.